The van der Waals surface area contributed by atoms with Gasteiger partial charge in [0.25, 0.3) is 0 Å². The quantitative estimate of drug-likeness (QED) is 0.503. The molecule has 0 bridgehead atoms. The molecule has 0 fully saturated rings. The van der Waals surface area contributed by atoms with Gasteiger partial charge in [-0.15, -0.1) is 10.2 Å². The van der Waals surface area contributed by atoms with E-state index in [-0.39, 0.29) is 11.0 Å². The molecule has 0 radical (unpaired) electrons. The molecule has 0 aliphatic heterocycles. The van der Waals surface area contributed by atoms with Gasteiger partial charge in [-0.1, -0.05) is 71.4 Å². The molecule has 5 heteroatoms. The van der Waals surface area contributed by atoms with Gasteiger partial charge in [0.05, 0.1) is 5.25 Å². The summed E-state index contributed by atoms with van der Waals surface area (Å²) in [6, 6.07) is 15.9. The van der Waals surface area contributed by atoms with Crippen LogP contribution in [0.5, 0.6) is 0 Å². The Kier molecular flexibility index (Phi) is 5.04. The van der Waals surface area contributed by atoms with E-state index < -0.39 is 0 Å². The molecule has 0 aliphatic rings. The maximum absolute atomic E-state index is 12.6. The minimum absolute atomic E-state index is 0.102. The number of aromatic nitrogens is 3. The number of Topliss-reactive ketones (excluding diaryl/α,β-unsaturated/α-hetero) is 1. The van der Waals surface area contributed by atoms with Gasteiger partial charge in [0.15, 0.2) is 16.8 Å². The van der Waals surface area contributed by atoms with Gasteiger partial charge in [-0.3, -0.25) is 4.79 Å². The van der Waals surface area contributed by atoms with Crippen molar-refractivity contribution < 1.29 is 4.79 Å². The third-order valence-corrected chi connectivity index (χ3v) is 5.27. The molecule has 128 valence electrons. The van der Waals surface area contributed by atoms with Crippen molar-refractivity contribution in [3.05, 3.63) is 65.2 Å². The Balaban J connectivity index is 1.78. The molecule has 1 unspecified atom stereocenters. The van der Waals surface area contributed by atoms with Crippen LogP contribution in [-0.4, -0.2) is 25.8 Å². The van der Waals surface area contributed by atoms with Crippen LogP contribution in [0.3, 0.4) is 0 Å². The Morgan fingerprint density at radius 3 is 2.12 bits per heavy atom. The molecular weight excluding hydrogens is 330 g/mol. The topological polar surface area (TPSA) is 47.8 Å². The zero-order valence-electron chi connectivity index (χ0n) is 14.9. The first kappa shape index (κ1) is 17.4. The monoisotopic (exact) mass is 351 g/mol. The van der Waals surface area contributed by atoms with E-state index in [4.69, 9.17) is 0 Å². The Morgan fingerprint density at radius 1 is 0.960 bits per heavy atom. The summed E-state index contributed by atoms with van der Waals surface area (Å²) in [5, 5.41) is 9.08. The summed E-state index contributed by atoms with van der Waals surface area (Å²) < 4.78 is 1.94. The van der Waals surface area contributed by atoms with E-state index in [0.717, 1.165) is 27.7 Å². The van der Waals surface area contributed by atoms with Crippen LogP contribution in [0.1, 0.15) is 28.4 Å². The Hall–Kier alpha value is -2.40. The Labute approximate surface area is 152 Å². The van der Waals surface area contributed by atoms with Crippen LogP contribution in [0.15, 0.2) is 53.7 Å². The summed E-state index contributed by atoms with van der Waals surface area (Å²) in [7, 11) is 1.93. The molecule has 3 rings (SSSR count). The molecule has 0 spiro atoms. The molecule has 1 aromatic heterocycles. The number of aryl methyl sites for hydroxylation is 2. The van der Waals surface area contributed by atoms with E-state index in [1.165, 1.54) is 17.3 Å². The summed E-state index contributed by atoms with van der Waals surface area (Å²) in [5.41, 5.74) is 4.10. The highest BCUT2D eigenvalue weighted by molar-refractivity contribution is 8.00. The molecule has 3 aromatic rings. The SMILES string of the molecule is Cc1ccc(C(=O)C(C)Sc2nnc(-c3ccc(C)cc3)n2C)cc1. The zero-order valence-corrected chi connectivity index (χ0v) is 15.7. The lowest BCUT2D eigenvalue weighted by atomic mass is 10.1. The zero-order chi connectivity index (χ0) is 18.0. The normalized spacial score (nSPS) is 12.2. The van der Waals surface area contributed by atoms with Gasteiger partial charge in [0.2, 0.25) is 0 Å². The lowest BCUT2D eigenvalue weighted by molar-refractivity contribution is 0.0994. The van der Waals surface area contributed by atoms with Crippen molar-refractivity contribution in [1.29, 1.82) is 0 Å². The predicted molar refractivity (Wildman–Crippen MR) is 102 cm³/mol. The molecule has 2 aromatic carbocycles. The fraction of sp³-hybridized carbons (Fsp3) is 0.250. The van der Waals surface area contributed by atoms with E-state index >= 15 is 0 Å². The van der Waals surface area contributed by atoms with Crippen molar-refractivity contribution in [3.63, 3.8) is 0 Å². The van der Waals surface area contributed by atoms with Crippen LogP contribution in [0.4, 0.5) is 0 Å². The van der Waals surface area contributed by atoms with Crippen molar-refractivity contribution in [1.82, 2.24) is 14.8 Å². The van der Waals surface area contributed by atoms with Crippen molar-refractivity contribution in [2.45, 2.75) is 31.2 Å². The summed E-state index contributed by atoms with van der Waals surface area (Å²) in [6.07, 6.45) is 0. The highest BCUT2D eigenvalue weighted by Crippen LogP contribution is 2.27. The van der Waals surface area contributed by atoms with Crippen molar-refractivity contribution >= 4 is 17.5 Å². The first-order valence-corrected chi connectivity index (χ1v) is 9.07. The Bertz CT molecular complexity index is 882. The van der Waals surface area contributed by atoms with Gasteiger partial charge in [0, 0.05) is 18.2 Å². The number of nitrogens with zero attached hydrogens (tertiary/aromatic N) is 3. The number of rotatable bonds is 5. The maximum atomic E-state index is 12.6. The number of benzene rings is 2. The number of hydrogen-bond donors (Lipinski definition) is 0. The molecule has 0 amide bonds. The lowest BCUT2D eigenvalue weighted by Crippen LogP contribution is -2.14. The van der Waals surface area contributed by atoms with Gasteiger partial charge >= 0.3 is 0 Å². The minimum Gasteiger partial charge on any atom is -0.305 e. The standard InChI is InChI=1S/C20H21N3OS/c1-13-5-9-16(10-6-13)18(24)15(3)25-20-22-21-19(23(20)4)17-11-7-14(2)8-12-17/h5-12,15H,1-4H3. The van der Waals surface area contributed by atoms with Crippen LogP contribution in [0.2, 0.25) is 0 Å². The first-order chi connectivity index (χ1) is 12.0. The van der Waals surface area contributed by atoms with Crippen LogP contribution in [0.25, 0.3) is 11.4 Å². The number of hydrogen-bond acceptors (Lipinski definition) is 4. The van der Waals surface area contributed by atoms with Crippen LogP contribution >= 0.6 is 11.8 Å². The fourth-order valence-electron chi connectivity index (χ4n) is 2.54. The van der Waals surface area contributed by atoms with Gasteiger partial charge in [-0.25, -0.2) is 0 Å². The summed E-state index contributed by atoms with van der Waals surface area (Å²) in [6.45, 7) is 5.98. The van der Waals surface area contributed by atoms with Crippen molar-refractivity contribution in [3.8, 4) is 11.4 Å². The Morgan fingerprint density at radius 2 is 1.52 bits per heavy atom. The third kappa shape index (κ3) is 3.82. The van der Waals surface area contributed by atoms with Crippen LogP contribution in [0, 0.1) is 13.8 Å². The molecule has 0 saturated carbocycles. The molecule has 1 atom stereocenters. The summed E-state index contributed by atoms with van der Waals surface area (Å²) in [4.78, 5) is 12.6. The number of carbonyl (C=O) groups is 1. The second-order valence-electron chi connectivity index (χ2n) is 6.22. The number of ketones is 1. The molecule has 0 saturated heterocycles. The van der Waals surface area contributed by atoms with Crippen molar-refractivity contribution in [2.75, 3.05) is 0 Å². The van der Waals surface area contributed by atoms with Gasteiger partial charge in [0.1, 0.15) is 0 Å². The fourth-order valence-corrected chi connectivity index (χ4v) is 3.43. The first-order valence-electron chi connectivity index (χ1n) is 8.19. The molecule has 0 N–H and O–H groups in total. The minimum atomic E-state index is -0.225. The van der Waals surface area contributed by atoms with Gasteiger partial charge in [-0.05, 0) is 20.8 Å². The molecule has 1 heterocycles. The molecule has 0 aliphatic carbocycles. The molecule has 25 heavy (non-hydrogen) atoms. The second kappa shape index (κ2) is 7.23. The largest absolute Gasteiger partial charge is 0.305 e. The highest BCUT2D eigenvalue weighted by Gasteiger charge is 2.20. The maximum Gasteiger partial charge on any atom is 0.191 e. The predicted octanol–water partition coefficient (Wildman–Crippen LogP) is 4.46. The third-order valence-electron chi connectivity index (χ3n) is 4.13. The van der Waals surface area contributed by atoms with Gasteiger partial charge < -0.3 is 4.57 Å². The van der Waals surface area contributed by atoms with Crippen LogP contribution in [-0.2, 0) is 7.05 Å². The van der Waals surface area contributed by atoms with E-state index in [1.54, 1.807) is 0 Å². The molecule has 4 nitrogen and oxygen atoms in total. The molecular formula is C20H21N3OS. The van der Waals surface area contributed by atoms with Crippen molar-refractivity contribution in [2.24, 2.45) is 7.05 Å². The average Bonchev–Trinajstić information content (AvgIpc) is 2.96. The van der Waals surface area contributed by atoms with E-state index in [0.29, 0.717) is 0 Å². The van der Waals surface area contributed by atoms with Gasteiger partial charge in [-0.2, -0.15) is 0 Å². The smallest absolute Gasteiger partial charge is 0.191 e. The number of thioether (sulfide) groups is 1. The number of carbonyl (C=O) groups excluding carboxylic acids is 1. The second-order valence-corrected chi connectivity index (χ2v) is 7.53. The van der Waals surface area contributed by atoms with Crippen LogP contribution < -0.4 is 0 Å². The lowest BCUT2D eigenvalue weighted by Gasteiger charge is -2.10. The highest BCUT2D eigenvalue weighted by atomic mass is 32.2. The van der Waals surface area contributed by atoms with E-state index in [1.807, 2.05) is 61.9 Å². The summed E-state index contributed by atoms with van der Waals surface area (Å²) >= 11 is 1.44. The van der Waals surface area contributed by atoms with E-state index in [9.17, 15) is 4.79 Å². The summed E-state index contributed by atoms with van der Waals surface area (Å²) in [5.74, 6) is 0.905. The van der Waals surface area contributed by atoms with E-state index in [2.05, 4.69) is 29.3 Å². The average molecular weight is 351 g/mol.